The van der Waals surface area contributed by atoms with Crippen LogP contribution >= 0.6 is 23.1 Å². The molecule has 9 heteroatoms. The van der Waals surface area contributed by atoms with E-state index in [4.69, 9.17) is 22.2 Å². The van der Waals surface area contributed by atoms with Crippen molar-refractivity contribution in [2.45, 2.75) is 6.54 Å². The lowest BCUT2D eigenvalue weighted by Crippen LogP contribution is -2.38. The Kier molecular flexibility index (Phi) is 3.43. The van der Waals surface area contributed by atoms with E-state index < -0.39 is 0 Å². The summed E-state index contributed by atoms with van der Waals surface area (Å²) in [5.41, 5.74) is 3.73. The second kappa shape index (κ2) is 5.23. The Morgan fingerprint density at radius 3 is 3.20 bits per heavy atom. The van der Waals surface area contributed by atoms with Gasteiger partial charge in [-0.15, -0.1) is 5.10 Å². The van der Waals surface area contributed by atoms with E-state index in [9.17, 15) is 4.79 Å². The number of rotatable bonds is 3. The van der Waals surface area contributed by atoms with Gasteiger partial charge in [0.2, 0.25) is 0 Å². The van der Waals surface area contributed by atoms with Crippen LogP contribution < -0.4 is 20.9 Å². The topological polar surface area (TPSA) is 93.4 Å². The molecule has 0 radical (unpaired) electrons. The number of hydrazine groups is 1. The van der Waals surface area contributed by atoms with E-state index in [-0.39, 0.29) is 19.1 Å². The molecule has 2 aromatic rings. The first-order valence-electron chi connectivity index (χ1n) is 5.69. The van der Waals surface area contributed by atoms with Crippen LogP contribution in [-0.4, -0.2) is 22.1 Å². The van der Waals surface area contributed by atoms with Gasteiger partial charge in [0.05, 0.1) is 12.2 Å². The Balaban J connectivity index is 1.97. The highest BCUT2D eigenvalue weighted by atomic mass is 35.5. The average Bonchev–Trinajstić information content (AvgIpc) is 2.89. The van der Waals surface area contributed by atoms with Gasteiger partial charge in [-0.05, 0) is 18.2 Å². The van der Waals surface area contributed by atoms with Crippen LogP contribution in [0.1, 0.15) is 5.69 Å². The summed E-state index contributed by atoms with van der Waals surface area (Å²) < 4.78 is 9.18. The van der Waals surface area contributed by atoms with E-state index in [1.807, 2.05) is 0 Å². The number of hydrogen-bond donors (Lipinski definition) is 2. The van der Waals surface area contributed by atoms with Crippen LogP contribution in [0.25, 0.3) is 0 Å². The Hall–Kier alpha value is -1.90. The van der Waals surface area contributed by atoms with Gasteiger partial charge in [-0.1, -0.05) is 16.1 Å². The average molecular weight is 312 g/mol. The molecule has 2 heterocycles. The molecule has 0 saturated heterocycles. The predicted molar refractivity (Wildman–Crippen MR) is 75.9 cm³/mol. The van der Waals surface area contributed by atoms with E-state index in [0.717, 1.165) is 11.5 Å². The number of fused-ring (bicyclic) bond motifs is 1. The molecule has 0 unspecified atom stereocenters. The number of carbonyl (C=O) groups is 1. The summed E-state index contributed by atoms with van der Waals surface area (Å²) in [6.07, 6.45) is 0. The molecule has 0 spiro atoms. The Labute approximate surface area is 123 Å². The van der Waals surface area contributed by atoms with E-state index >= 15 is 0 Å². The second-order valence-electron chi connectivity index (χ2n) is 4.07. The molecule has 1 aliphatic rings. The number of hydrogen-bond acceptors (Lipinski definition) is 7. The normalized spacial score (nSPS) is 13.9. The lowest BCUT2D eigenvalue weighted by Gasteiger charge is -2.29. The number of nitrogen functional groups attached to an aromatic ring is 1. The van der Waals surface area contributed by atoms with Crippen molar-refractivity contribution in [1.82, 2.24) is 9.59 Å². The number of aromatic nitrogens is 2. The molecule has 3 N–H and O–H groups in total. The highest BCUT2D eigenvalue weighted by Gasteiger charge is 2.27. The third-order valence-electron chi connectivity index (χ3n) is 2.86. The minimum Gasteiger partial charge on any atom is -0.482 e. The molecule has 0 aliphatic carbocycles. The summed E-state index contributed by atoms with van der Waals surface area (Å²) in [7, 11) is 0. The van der Waals surface area contributed by atoms with Gasteiger partial charge in [0.15, 0.2) is 6.61 Å². The van der Waals surface area contributed by atoms with Crippen LogP contribution in [0.5, 0.6) is 5.75 Å². The van der Waals surface area contributed by atoms with Crippen LogP contribution in [0.3, 0.4) is 0 Å². The summed E-state index contributed by atoms with van der Waals surface area (Å²) >= 11 is 7.11. The zero-order chi connectivity index (χ0) is 14.1. The Bertz CT molecular complexity index is 662. The van der Waals surface area contributed by atoms with Crippen molar-refractivity contribution in [3.8, 4) is 5.75 Å². The van der Waals surface area contributed by atoms with Crippen LogP contribution in [0.4, 0.5) is 10.7 Å². The lowest BCUT2D eigenvalue weighted by atomic mass is 10.2. The van der Waals surface area contributed by atoms with Crippen LogP contribution in [0.15, 0.2) is 18.2 Å². The van der Waals surface area contributed by atoms with Crippen molar-refractivity contribution in [1.29, 1.82) is 0 Å². The van der Waals surface area contributed by atoms with Gasteiger partial charge in [-0.2, -0.15) is 0 Å². The third-order valence-corrected chi connectivity index (χ3v) is 3.79. The van der Waals surface area contributed by atoms with Gasteiger partial charge in [0.25, 0.3) is 5.91 Å². The number of ether oxygens (including phenoxy) is 1. The quantitative estimate of drug-likeness (QED) is 0.657. The monoisotopic (exact) mass is 311 g/mol. The number of nitrogens with one attached hydrogen (secondary N) is 1. The summed E-state index contributed by atoms with van der Waals surface area (Å²) in [4.78, 5) is 13.6. The van der Waals surface area contributed by atoms with Gasteiger partial charge in [-0.25, -0.2) is 5.84 Å². The largest absolute Gasteiger partial charge is 0.482 e. The molecule has 20 heavy (non-hydrogen) atoms. The van der Waals surface area contributed by atoms with Crippen LogP contribution in [-0.2, 0) is 11.3 Å². The van der Waals surface area contributed by atoms with Crippen LogP contribution in [0.2, 0.25) is 5.02 Å². The molecule has 3 rings (SSSR count). The molecular formula is C11H10ClN5O2S. The van der Waals surface area contributed by atoms with Gasteiger partial charge >= 0.3 is 0 Å². The maximum absolute atomic E-state index is 12.1. The van der Waals surface area contributed by atoms with Crippen molar-refractivity contribution >= 4 is 39.7 Å². The number of benzene rings is 1. The highest BCUT2D eigenvalue weighted by Crippen LogP contribution is 2.35. The molecule has 0 fully saturated rings. The highest BCUT2D eigenvalue weighted by molar-refractivity contribution is 7.10. The minimum atomic E-state index is -0.171. The number of halogens is 1. The fourth-order valence-corrected chi connectivity index (χ4v) is 2.57. The first kappa shape index (κ1) is 13.1. The minimum absolute atomic E-state index is 0.0163. The fraction of sp³-hybridized carbons (Fsp3) is 0.182. The van der Waals surface area contributed by atoms with E-state index in [1.54, 1.807) is 23.1 Å². The zero-order valence-electron chi connectivity index (χ0n) is 10.2. The molecule has 0 saturated carbocycles. The van der Waals surface area contributed by atoms with Gasteiger partial charge in [-0.3, -0.25) is 9.69 Å². The Morgan fingerprint density at radius 1 is 1.55 bits per heavy atom. The fourth-order valence-electron chi connectivity index (χ4n) is 1.92. The van der Waals surface area contributed by atoms with Gasteiger partial charge < -0.3 is 10.2 Å². The number of anilines is 2. The first-order chi connectivity index (χ1) is 9.69. The van der Waals surface area contributed by atoms with E-state index in [0.29, 0.717) is 27.2 Å². The predicted octanol–water partition coefficient (Wildman–Crippen LogP) is 1.40. The van der Waals surface area contributed by atoms with Crippen molar-refractivity contribution in [3.63, 3.8) is 0 Å². The Morgan fingerprint density at radius 2 is 2.40 bits per heavy atom. The van der Waals surface area contributed by atoms with E-state index in [1.165, 1.54) is 0 Å². The molecule has 0 atom stereocenters. The molecule has 1 amide bonds. The first-order valence-corrected chi connectivity index (χ1v) is 6.84. The molecular weight excluding hydrogens is 302 g/mol. The number of amides is 1. The summed E-state index contributed by atoms with van der Waals surface area (Å²) in [6, 6.07) is 5.13. The summed E-state index contributed by atoms with van der Waals surface area (Å²) in [5, 5.41) is 5.12. The smallest absolute Gasteiger partial charge is 0.265 e. The maximum atomic E-state index is 12.1. The molecule has 7 nitrogen and oxygen atoms in total. The number of nitrogens with two attached hydrogens (primary N) is 1. The SMILES string of the molecule is NNc1snnc1CN1C(=O)COc2ccc(Cl)cc21. The summed E-state index contributed by atoms with van der Waals surface area (Å²) in [5.74, 6) is 5.82. The van der Waals surface area contributed by atoms with Crippen molar-refractivity contribution in [2.24, 2.45) is 5.84 Å². The molecule has 1 aliphatic heterocycles. The molecule has 0 bridgehead atoms. The maximum Gasteiger partial charge on any atom is 0.265 e. The van der Waals surface area contributed by atoms with Crippen molar-refractivity contribution < 1.29 is 9.53 Å². The zero-order valence-corrected chi connectivity index (χ0v) is 11.7. The standard InChI is InChI=1S/C11H10ClN5O2S/c12-6-1-2-9-8(3-6)17(10(18)5-19-9)4-7-11(14-13)20-16-15-7/h1-3,14H,4-5,13H2. The van der Waals surface area contributed by atoms with Crippen molar-refractivity contribution in [3.05, 3.63) is 28.9 Å². The van der Waals surface area contributed by atoms with Crippen molar-refractivity contribution in [2.75, 3.05) is 16.9 Å². The second-order valence-corrected chi connectivity index (χ2v) is 5.26. The summed E-state index contributed by atoms with van der Waals surface area (Å²) in [6.45, 7) is 0.239. The number of carbonyl (C=O) groups excluding carboxylic acids is 1. The molecule has 1 aromatic carbocycles. The lowest BCUT2D eigenvalue weighted by molar-refractivity contribution is -0.121. The van der Waals surface area contributed by atoms with Crippen LogP contribution in [0, 0.1) is 0 Å². The number of nitrogens with zero attached hydrogens (tertiary/aromatic N) is 3. The molecule has 1 aromatic heterocycles. The molecule has 104 valence electrons. The van der Waals surface area contributed by atoms with Gasteiger partial charge in [0.1, 0.15) is 16.4 Å². The third kappa shape index (κ3) is 2.28. The van der Waals surface area contributed by atoms with Gasteiger partial charge in [0, 0.05) is 16.6 Å². The van der Waals surface area contributed by atoms with E-state index in [2.05, 4.69) is 15.0 Å².